The molecule has 0 aliphatic carbocycles. The molecule has 0 aliphatic rings. The number of rotatable bonds is 7. The second-order valence-corrected chi connectivity index (χ2v) is 5.06. The molecule has 0 aromatic heterocycles. The number of anilines is 2. The zero-order chi connectivity index (χ0) is 19.1. The van der Waals surface area contributed by atoms with Gasteiger partial charge in [-0.1, -0.05) is 12.1 Å². The van der Waals surface area contributed by atoms with E-state index >= 15 is 0 Å². The number of para-hydroxylation sites is 1. The molecule has 9 nitrogen and oxygen atoms in total. The monoisotopic (exact) mass is 359 g/mol. The van der Waals surface area contributed by atoms with Crippen LogP contribution in [0.25, 0.3) is 0 Å². The number of carbonyl (C=O) groups is 2. The van der Waals surface area contributed by atoms with Crippen LogP contribution in [0, 0.1) is 10.1 Å². The van der Waals surface area contributed by atoms with Crippen molar-refractivity contribution in [3.63, 3.8) is 0 Å². The van der Waals surface area contributed by atoms with Gasteiger partial charge in [-0.2, -0.15) is 0 Å². The van der Waals surface area contributed by atoms with E-state index in [2.05, 4.69) is 10.6 Å². The molecule has 26 heavy (non-hydrogen) atoms. The minimum absolute atomic E-state index is 0.110. The molecule has 1 amide bonds. The van der Waals surface area contributed by atoms with Crippen molar-refractivity contribution in [1.82, 2.24) is 0 Å². The SMILES string of the molecule is CNc1ccccc1C(=O)OCC(=O)Nc1cc([N+](=O)[O-])ccc1OC. The highest BCUT2D eigenvalue weighted by atomic mass is 16.6. The summed E-state index contributed by atoms with van der Waals surface area (Å²) in [5.41, 5.74) is 0.758. The molecule has 0 bridgehead atoms. The molecule has 136 valence electrons. The van der Waals surface area contributed by atoms with Crippen LogP contribution in [0.3, 0.4) is 0 Å². The van der Waals surface area contributed by atoms with E-state index in [0.717, 1.165) is 6.07 Å². The highest BCUT2D eigenvalue weighted by molar-refractivity contribution is 5.99. The molecule has 0 fully saturated rings. The third-order valence-electron chi connectivity index (χ3n) is 3.42. The van der Waals surface area contributed by atoms with Crippen molar-refractivity contribution in [2.75, 3.05) is 31.4 Å². The number of nitro groups is 1. The van der Waals surface area contributed by atoms with Gasteiger partial charge in [-0.05, 0) is 18.2 Å². The molecule has 2 aromatic carbocycles. The number of benzene rings is 2. The number of methoxy groups -OCH3 is 1. The number of nitro benzene ring substituents is 1. The summed E-state index contributed by atoms with van der Waals surface area (Å²) < 4.78 is 10.0. The van der Waals surface area contributed by atoms with Crippen LogP contribution in [0.5, 0.6) is 5.75 Å². The lowest BCUT2D eigenvalue weighted by atomic mass is 10.2. The van der Waals surface area contributed by atoms with Crippen molar-refractivity contribution >= 4 is 28.9 Å². The first-order chi connectivity index (χ1) is 12.5. The molecular weight excluding hydrogens is 342 g/mol. The molecule has 2 N–H and O–H groups in total. The van der Waals surface area contributed by atoms with E-state index in [1.807, 2.05) is 0 Å². The van der Waals surface area contributed by atoms with Gasteiger partial charge in [0.2, 0.25) is 0 Å². The van der Waals surface area contributed by atoms with Gasteiger partial charge in [-0.15, -0.1) is 0 Å². The third-order valence-corrected chi connectivity index (χ3v) is 3.42. The molecule has 0 unspecified atom stereocenters. The van der Waals surface area contributed by atoms with Crippen LogP contribution in [0.2, 0.25) is 0 Å². The van der Waals surface area contributed by atoms with E-state index < -0.39 is 23.4 Å². The molecule has 9 heteroatoms. The summed E-state index contributed by atoms with van der Waals surface area (Å²) >= 11 is 0. The normalized spacial score (nSPS) is 9.92. The second kappa shape index (κ2) is 8.47. The maximum absolute atomic E-state index is 12.1. The Morgan fingerprint density at radius 1 is 1.15 bits per heavy atom. The molecule has 0 heterocycles. The summed E-state index contributed by atoms with van der Waals surface area (Å²) in [6, 6.07) is 10.5. The fourth-order valence-electron chi connectivity index (χ4n) is 2.18. The fourth-order valence-corrected chi connectivity index (χ4v) is 2.18. The Balaban J connectivity index is 2.04. The first-order valence-electron chi connectivity index (χ1n) is 7.52. The lowest BCUT2D eigenvalue weighted by molar-refractivity contribution is -0.384. The highest BCUT2D eigenvalue weighted by Gasteiger charge is 2.16. The zero-order valence-electron chi connectivity index (χ0n) is 14.1. The van der Waals surface area contributed by atoms with Gasteiger partial charge in [0.1, 0.15) is 5.75 Å². The maximum Gasteiger partial charge on any atom is 0.340 e. The Kier molecular flexibility index (Phi) is 6.10. The van der Waals surface area contributed by atoms with Crippen molar-refractivity contribution < 1.29 is 24.0 Å². The van der Waals surface area contributed by atoms with Gasteiger partial charge >= 0.3 is 5.97 Å². The summed E-state index contributed by atoms with van der Waals surface area (Å²) in [7, 11) is 3.03. The fraction of sp³-hybridized carbons (Fsp3) is 0.176. The van der Waals surface area contributed by atoms with Gasteiger partial charge in [0.25, 0.3) is 11.6 Å². The summed E-state index contributed by atoms with van der Waals surface area (Å²) in [6.07, 6.45) is 0. The number of non-ortho nitro benzene ring substituents is 1. The predicted molar refractivity (Wildman–Crippen MR) is 94.5 cm³/mol. The van der Waals surface area contributed by atoms with Crippen LogP contribution in [0.15, 0.2) is 42.5 Å². The lowest BCUT2D eigenvalue weighted by Crippen LogP contribution is -2.21. The van der Waals surface area contributed by atoms with E-state index in [1.54, 1.807) is 31.3 Å². The Morgan fingerprint density at radius 2 is 1.88 bits per heavy atom. The Labute approximate surface area is 149 Å². The van der Waals surface area contributed by atoms with E-state index in [1.165, 1.54) is 19.2 Å². The van der Waals surface area contributed by atoms with E-state index in [0.29, 0.717) is 5.69 Å². The number of amides is 1. The summed E-state index contributed by atoms with van der Waals surface area (Å²) in [5.74, 6) is -1.08. The number of nitrogens with one attached hydrogen (secondary N) is 2. The molecule has 0 saturated carbocycles. The quantitative estimate of drug-likeness (QED) is 0.442. The van der Waals surface area contributed by atoms with E-state index in [4.69, 9.17) is 9.47 Å². The highest BCUT2D eigenvalue weighted by Crippen LogP contribution is 2.28. The minimum Gasteiger partial charge on any atom is -0.495 e. The molecule has 0 atom stereocenters. The van der Waals surface area contributed by atoms with Gasteiger partial charge < -0.3 is 20.1 Å². The zero-order valence-corrected chi connectivity index (χ0v) is 14.1. The molecule has 0 aliphatic heterocycles. The summed E-state index contributed by atoms with van der Waals surface area (Å²) in [6.45, 7) is -0.553. The number of nitrogens with zero attached hydrogens (tertiary/aromatic N) is 1. The topological polar surface area (TPSA) is 120 Å². The largest absolute Gasteiger partial charge is 0.495 e. The first-order valence-corrected chi connectivity index (χ1v) is 7.52. The predicted octanol–water partition coefficient (Wildman–Crippen LogP) is 2.44. The molecule has 0 radical (unpaired) electrons. The van der Waals surface area contributed by atoms with Crippen molar-refractivity contribution in [3.8, 4) is 5.75 Å². The molecule has 0 spiro atoms. The lowest BCUT2D eigenvalue weighted by Gasteiger charge is -2.11. The molecule has 0 saturated heterocycles. The van der Waals surface area contributed by atoms with Gasteiger partial charge in [0.05, 0.1) is 23.3 Å². The standard InChI is InChI=1S/C17H17N3O6/c1-18-13-6-4-3-5-12(13)17(22)26-10-16(21)19-14-9-11(20(23)24)7-8-15(14)25-2/h3-9,18H,10H2,1-2H3,(H,19,21). The Morgan fingerprint density at radius 3 is 2.54 bits per heavy atom. The van der Waals surface area contributed by atoms with Crippen LogP contribution < -0.4 is 15.4 Å². The van der Waals surface area contributed by atoms with Gasteiger partial charge in [-0.3, -0.25) is 14.9 Å². The summed E-state index contributed by atoms with van der Waals surface area (Å²) in [5, 5.41) is 16.1. The first kappa shape index (κ1) is 18.7. The van der Waals surface area contributed by atoms with E-state index in [-0.39, 0.29) is 22.7 Å². The number of hydrogen-bond donors (Lipinski definition) is 2. The van der Waals surface area contributed by atoms with Gasteiger partial charge in [-0.25, -0.2) is 4.79 Å². The van der Waals surface area contributed by atoms with Crippen LogP contribution in [0.4, 0.5) is 17.1 Å². The number of carbonyl (C=O) groups excluding carboxylic acids is 2. The van der Waals surface area contributed by atoms with Crippen LogP contribution >= 0.6 is 0 Å². The van der Waals surface area contributed by atoms with Gasteiger partial charge in [0.15, 0.2) is 6.61 Å². The van der Waals surface area contributed by atoms with Crippen LogP contribution in [-0.4, -0.2) is 37.6 Å². The summed E-state index contributed by atoms with van der Waals surface area (Å²) in [4.78, 5) is 34.4. The van der Waals surface area contributed by atoms with E-state index in [9.17, 15) is 19.7 Å². The smallest absolute Gasteiger partial charge is 0.340 e. The van der Waals surface area contributed by atoms with Crippen molar-refractivity contribution in [3.05, 3.63) is 58.1 Å². The Bertz CT molecular complexity index is 837. The maximum atomic E-state index is 12.1. The molecule has 2 rings (SSSR count). The van der Waals surface area contributed by atoms with Gasteiger partial charge in [0, 0.05) is 24.9 Å². The minimum atomic E-state index is -0.670. The third kappa shape index (κ3) is 4.47. The van der Waals surface area contributed by atoms with Crippen LogP contribution in [-0.2, 0) is 9.53 Å². The average Bonchev–Trinajstić information content (AvgIpc) is 2.65. The number of ether oxygens (including phenoxy) is 2. The van der Waals surface area contributed by atoms with Crippen molar-refractivity contribution in [2.45, 2.75) is 0 Å². The second-order valence-electron chi connectivity index (χ2n) is 5.06. The average molecular weight is 359 g/mol. The molecular formula is C17H17N3O6. The molecule has 2 aromatic rings. The number of hydrogen-bond acceptors (Lipinski definition) is 7. The van der Waals surface area contributed by atoms with Crippen molar-refractivity contribution in [1.29, 1.82) is 0 Å². The number of esters is 1. The van der Waals surface area contributed by atoms with Crippen LogP contribution in [0.1, 0.15) is 10.4 Å². The Hall–Kier alpha value is -3.62. The van der Waals surface area contributed by atoms with Crippen molar-refractivity contribution in [2.24, 2.45) is 0 Å².